The number of carboxylic acids is 2. The number of carboxylic acid groups (broad SMARTS) is 2. The zero-order valence-corrected chi connectivity index (χ0v) is 14.3. The highest BCUT2D eigenvalue weighted by Gasteiger charge is 2.42. The lowest BCUT2D eigenvalue weighted by Gasteiger charge is -2.21. The number of hydrogen-bond donors (Lipinski definition) is 3. The van der Waals surface area contributed by atoms with Gasteiger partial charge in [0.2, 0.25) is 0 Å². The van der Waals surface area contributed by atoms with Crippen molar-refractivity contribution >= 4 is 23.9 Å². The number of hydrogen-bond acceptors (Lipinski definition) is 7. The maximum absolute atomic E-state index is 11.9. The third-order valence-corrected chi connectivity index (χ3v) is 3.18. The van der Waals surface area contributed by atoms with Gasteiger partial charge in [-0.2, -0.15) is 0 Å². The summed E-state index contributed by atoms with van der Waals surface area (Å²) in [5, 5.41) is 28.0. The summed E-state index contributed by atoms with van der Waals surface area (Å²) in [6.45, 7) is 3.61. The lowest BCUT2D eigenvalue weighted by atomic mass is 9.96. The Hall–Kier alpha value is -2.94. The number of carbonyl (C=O) groups excluding carboxylic acids is 2. The predicted octanol–water partition coefficient (Wildman–Crippen LogP) is 1.09. The highest BCUT2D eigenvalue weighted by molar-refractivity contribution is 5.90. The van der Waals surface area contributed by atoms with Gasteiger partial charge in [0.1, 0.15) is 5.75 Å². The molecular formula is C17H20O9. The molecule has 0 amide bonds. The van der Waals surface area contributed by atoms with Crippen LogP contribution in [0.5, 0.6) is 5.75 Å². The smallest absolute Gasteiger partial charge is 0.336 e. The fourth-order valence-corrected chi connectivity index (χ4v) is 1.84. The van der Waals surface area contributed by atoms with Gasteiger partial charge in [0, 0.05) is 0 Å². The van der Waals surface area contributed by atoms with Gasteiger partial charge in [0.25, 0.3) is 0 Å². The number of aliphatic carboxylic acids is 1. The molecule has 0 radical (unpaired) electrons. The number of benzene rings is 1. The number of esters is 2. The fraction of sp³-hybridized carbons (Fsp3) is 0.412. The van der Waals surface area contributed by atoms with Gasteiger partial charge < -0.3 is 24.8 Å². The Morgan fingerprint density at radius 3 is 2.00 bits per heavy atom. The van der Waals surface area contributed by atoms with E-state index in [1.165, 1.54) is 24.3 Å². The lowest BCUT2D eigenvalue weighted by molar-refractivity contribution is -0.171. The molecule has 1 aromatic carbocycles. The van der Waals surface area contributed by atoms with Crippen LogP contribution >= 0.6 is 0 Å². The van der Waals surface area contributed by atoms with Gasteiger partial charge in [-0.05, 0) is 30.2 Å². The quantitative estimate of drug-likeness (QED) is 0.430. The van der Waals surface area contributed by atoms with E-state index in [0.29, 0.717) is 0 Å². The number of aromatic carboxylic acids is 1. The molecule has 1 rings (SSSR count). The van der Waals surface area contributed by atoms with Crippen molar-refractivity contribution in [2.24, 2.45) is 5.92 Å². The van der Waals surface area contributed by atoms with Crippen LogP contribution in [0.1, 0.15) is 37.0 Å². The second-order valence-corrected chi connectivity index (χ2v) is 6.07. The molecule has 26 heavy (non-hydrogen) atoms. The van der Waals surface area contributed by atoms with Crippen molar-refractivity contribution in [3.8, 4) is 5.75 Å². The molecule has 1 unspecified atom stereocenters. The first-order chi connectivity index (χ1) is 12.0. The Balaban J connectivity index is 2.73. The summed E-state index contributed by atoms with van der Waals surface area (Å²) in [6.07, 6.45) is -1.90. The van der Waals surface area contributed by atoms with Gasteiger partial charge in [-0.15, -0.1) is 0 Å². The van der Waals surface area contributed by atoms with E-state index in [1.807, 2.05) is 0 Å². The fourth-order valence-electron chi connectivity index (χ4n) is 1.84. The van der Waals surface area contributed by atoms with Gasteiger partial charge in [-0.25, -0.2) is 9.59 Å². The highest BCUT2D eigenvalue weighted by atomic mass is 16.5. The van der Waals surface area contributed by atoms with Crippen LogP contribution in [0.4, 0.5) is 0 Å². The first-order valence-corrected chi connectivity index (χ1v) is 7.69. The number of ether oxygens (including phenoxy) is 2. The minimum atomic E-state index is -2.67. The Labute approximate surface area is 149 Å². The Bertz CT molecular complexity index is 678. The van der Waals surface area contributed by atoms with Crippen molar-refractivity contribution in [2.75, 3.05) is 6.61 Å². The Morgan fingerprint density at radius 2 is 1.54 bits per heavy atom. The standard InChI is InChI=1S/C17H20O9/c1-10(2)9-25-13(18)7-17(24,16(22)23)8-14(19)26-12-5-3-11(4-6-12)15(20)21/h3-6,10,24H,7-9H2,1-2H3,(H,20,21)(H,22,23). The first-order valence-electron chi connectivity index (χ1n) is 7.69. The molecule has 0 saturated carbocycles. The normalized spacial score (nSPS) is 12.9. The van der Waals surface area contributed by atoms with Gasteiger partial charge in [0.05, 0.1) is 25.0 Å². The molecule has 0 saturated heterocycles. The average Bonchev–Trinajstić information content (AvgIpc) is 2.53. The van der Waals surface area contributed by atoms with E-state index in [4.69, 9.17) is 19.7 Å². The molecule has 0 aliphatic rings. The van der Waals surface area contributed by atoms with Crippen LogP contribution in [-0.2, 0) is 19.1 Å². The minimum Gasteiger partial charge on any atom is -0.479 e. The molecule has 3 N–H and O–H groups in total. The van der Waals surface area contributed by atoms with Crippen LogP contribution in [0, 0.1) is 5.92 Å². The third kappa shape index (κ3) is 6.52. The summed E-state index contributed by atoms with van der Waals surface area (Å²) in [6, 6.07) is 4.80. The molecule has 0 fully saturated rings. The molecule has 0 bridgehead atoms. The lowest BCUT2D eigenvalue weighted by Crippen LogP contribution is -2.44. The molecule has 142 valence electrons. The van der Waals surface area contributed by atoms with Crippen molar-refractivity contribution in [1.82, 2.24) is 0 Å². The summed E-state index contributed by atoms with van der Waals surface area (Å²) < 4.78 is 9.68. The summed E-state index contributed by atoms with van der Waals surface area (Å²) in [4.78, 5) is 45.6. The number of carbonyl (C=O) groups is 4. The molecule has 0 aliphatic heterocycles. The van der Waals surface area contributed by atoms with Crippen LogP contribution in [-0.4, -0.2) is 51.4 Å². The summed E-state index contributed by atoms with van der Waals surface area (Å²) in [7, 11) is 0. The van der Waals surface area contributed by atoms with Crippen molar-refractivity contribution in [3.05, 3.63) is 29.8 Å². The monoisotopic (exact) mass is 368 g/mol. The molecule has 0 heterocycles. The number of rotatable bonds is 9. The van der Waals surface area contributed by atoms with Gasteiger partial charge in [-0.3, -0.25) is 9.59 Å². The SMILES string of the molecule is CC(C)COC(=O)CC(O)(CC(=O)Oc1ccc(C(=O)O)cc1)C(=O)O. The second-order valence-electron chi connectivity index (χ2n) is 6.07. The van der Waals surface area contributed by atoms with E-state index >= 15 is 0 Å². The van der Waals surface area contributed by atoms with E-state index in [1.54, 1.807) is 13.8 Å². The molecule has 0 aromatic heterocycles. The topological polar surface area (TPSA) is 147 Å². The van der Waals surface area contributed by atoms with E-state index < -0.39 is 42.3 Å². The maximum atomic E-state index is 11.9. The van der Waals surface area contributed by atoms with Gasteiger partial charge in [-0.1, -0.05) is 13.8 Å². The summed E-state index contributed by atoms with van der Waals surface area (Å²) in [5.41, 5.74) is -2.70. The van der Waals surface area contributed by atoms with Gasteiger partial charge >= 0.3 is 23.9 Å². The van der Waals surface area contributed by atoms with E-state index in [0.717, 1.165) is 0 Å². The largest absolute Gasteiger partial charge is 0.479 e. The highest BCUT2D eigenvalue weighted by Crippen LogP contribution is 2.20. The molecule has 1 aromatic rings. The van der Waals surface area contributed by atoms with Crippen LogP contribution < -0.4 is 4.74 Å². The average molecular weight is 368 g/mol. The van der Waals surface area contributed by atoms with Crippen molar-refractivity contribution in [2.45, 2.75) is 32.3 Å². The molecule has 0 spiro atoms. The molecule has 9 nitrogen and oxygen atoms in total. The van der Waals surface area contributed by atoms with Gasteiger partial charge in [0.15, 0.2) is 5.60 Å². The Kier molecular flexibility index (Phi) is 7.27. The summed E-state index contributed by atoms with van der Waals surface area (Å²) >= 11 is 0. The predicted molar refractivity (Wildman–Crippen MR) is 86.7 cm³/mol. The molecule has 1 atom stereocenters. The Morgan fingerprint density at radius 1 is 1.00 bits per heavy atom. The van der Waals surface area contributed by atoms with E-state index in [-0.39, 0.29) is 23.8 Å². The zero-order valence-electron chi connectivity index (χ0n) is 14.3. The molecule has 9 heteroatoms. The molecular weight excluding hydrogens is 348 g/mol. The van der Waals surface area contributed by atoms with Crippen molar-refractivity contribution < 1.29 is 44.0 Å². The minimum absolute atomic E-state index is 0.0237. The first kappa shape index (κ1) is 21.1. The van der Waals surface area contributed by atoms with E-state index in [2.05, 4.69) is 0 Å². The summed E-state index contributed by atoms with van der Waals surface area (Å²) in [5.74, 6) is -5.00. The third-order valence-electron chi connectivity index (χ3n) is 3.18. The van der Waals surface area contributed by atoms with Crippen LogP contribution in [0.3, 0.4) is 0 Å². The van der Waals surface area contributed by atoms with Crippen LogP contribution in [0.25, 0.3) is 0 Å². The van der Waals surface area contributed by atoms with Crippen LogP contribution in [0.15, 0.2) is 24.3 Å². The number of aliphatic hydroxyl groups is 1. The molecule has 0 aliphatic carbocycles. The van der Waals surface area contributed by atoms with Crippen molar-refractivity contribution in [1.29, 1.82) is 0 Å². The van der Waals surface area contributed by atoms with E-state index in [9.17, 15) is 24.3 Å². The second kappa shape index (κ2) is 8.95. The van der Waals surface area contributed by atoms with Crippen molar-refractivity contribution in [3.63, 3.8) is 0 Å². The van der Waals surface area contributed by atoms with Crippen LogP contribution in [0.2, 0.25) is 0 Å². The maximum Gasteiger partial charge on any atom is 0.336 e. The zero-order chi connectivity index (χ0) is 19.9.